The van der Waals surface area contributed by atoms with Crippen LogP contribution in [0.2, 0.25) is 0 Å². The molecule has 0 saturated carbocycles. The van der Waals surface area contributed by atoms with Crippen LogP contribution in [0.5, 0.6) is 0 Å². The Morgan fingerprint density at radius 2 is 2.29 bits per heavy atom. The zero-order valence-electron chi connectivity index (χ0n) is 8.34. The molecule has 0 radical (unpaired) electrons. The van der Waals surface area contributed by atoms with Crippen LogP contribution >= 0.6 is 0 Å². The van der Waals surface area contributed by atoms with Crippen LogP contribution < -0.4 is 5.73 Å². The molecule has 1 aliphatic rings. The van der Waals surface area contributed by atoms with Gasteiger partial charge < -0.3 is 10.6 Å². The fourth-order valence-electron chi connectivity index (χ4n) is 1.99. The van der Waals surface area contributed by atoms with Gasteiger partial charge >= 0.3 is 0 Å². The van der Waals surface area contributed by atoms with E-state index in [9.17, 15) is 4.79 Å². The van der Waals surface area contributed by atoms with E-state index >= 15 is 0 Å². The molecule has 2 heterocycles. The zero-order valence-corrected chi connectivity index (χ0v) is 8.34. The summed E-state index contributed by atoms with van der Waals surface area (Å²) in [6.45, 7) is 0. The molecule has 1 fully saturated rings. The molecule has 2 atom stereocenters. The average molecular weight is 194 g/mol. The van der Waals surface area contributed by atoms with Gasteiger partial charge in [0.2, 0.25) is 5.91 Å². The van der Waals surface area contributed by atoms with Gasteiger partial charge in [-0.15, -0.1) is 0 Å². The van der Waals surface area contributed by atoms with Gasteiger partial charge in [0.25, 0.3) is 0 Å². The van der Waals surface area contributed by atoms with Crippen LogP contribution in [0, 0.1) is 0 Å². The van der Waals surface area contributed by atoms with Crippen LogP contribution in [0.15, 0.2) is 12.3 Å². The van der Waals surface area contributed by atoms with Crippen LogP contribution in [-0.2, 0) is 11.8 Å². The van der Waals surface area contributed by atoms with Crippen LogP contribution in [0.25, 0.3) is 0 Å². The normalized spacial score (nSPS) is 27.4. The highest BCUT2D eigenvalue weighted by molar-refractivity contribution is 5.79. The molecule has 1 aliphatic heterocycles. The lowest BCUT2D eigenvalue weighted by molar-refractivity contribution is -0.127. The minimum atomic E-state index is -0.122. The van der Waals surface area contributed by atoms with Crippen molar-refractivity contribution in [2.75, 3.05) is 7.05 Å². The van der Waals surface area contributed by atoms with Crippen molar-refractivity contribution in [3.05, 3.63) is 18.0 Å². The second kappa shape index (κ2) is 3.09. The van der Waals surface area contributed by atoms with Gasteiger partial charge in [0, 0.05) is 32.8 Å². The number of nitrogens with two attached hydrogens (primary N) is 1. The molecule has 0 aliphatic carbocycles. The molecule has 5 heteroatoms. The number of nitrogens with zero attached hydrogens (tertiary/aromatic N) is 3. The second-order valence-corrected chi connectivity index (χ2v) is 3.70. The van der Waals surface area contributed by atoms with Crippen molar-refractivity contribution in [3.63, 3.8) is 0 Å². The van der Waals surface area contributed by atoms with Gasteiger partial charge in [0.05, 0.1) is 11.7 Å². The highest BCUT2D eigenvalue weighted by atomic mass is 16.2. The Morgan fingerprint density at radius 3 is 2.71 bits per heavy atom. The Hall–Kier alpha value is -1.36. The average Bonchev–Trinajstić information content (AvgIpc) is 2.60. The number of likely N-dealkylation sites (N-methyl/N-ethyl adjacent to an activating group) is 1. The molecule has 1 aromatic rings. The van der Waals surface area contributed by atoms with E-state index in [0.717, 1.165) is 5.69 Å². The van der Waals surface area contributed by atoms with Gasteiger partial charge in [-0.2, -0.15) is 5.10 Å². The Labute approximate surface area is 82.5 Å². The smallest absolute Gasteiger partial charge is 0.224 e. The Balaban J connectivity index is 2.35. The Morgan fingerprint density at radius 1 is 1.57 bits per heavy atom. The molecule has 14 heavy (non-hydrogen) atoms. The summed E-state index contributed by atoms with van der Waals surface area (Å²) < 4.78 is 1.76. The Bertz CT molecular complexity index is 359. The molecule has 2 N–H and O–H groups in total. The van der Waals surface area contributed by atoms with E-state index in [-0.39, 0.29) is 18.0 Å². The molecule has 76 valence electrons. The third-order valence-corrected chi connectivity index (χ3v) is 2.79. The maximum atomic E-state index is 11.4. The molecule has 0 spiro atoms. The SMILES string of the molecule is CN1C(=O)C[C@@H](N)[C@H]1c1ccnn1C. The number of hydrogen-bond acceptors (Lipinski definition) is 3. The van der Waals surface area contributed by atoms with Gasteiger partial charge in [0.1, 0.15) is 0 Å². The molecule has 1 aromatic heterocycles. The number of carbonyl (C=O) groups excluding carboxylic acids is 1. The second-order valence-electron chi connectivity index (χ2n) is 3.70. The van der Waals surface area contributed by atoms with Gasteiger partial charge in [-0.25, -0.2) is 0 Å². The quantitative estimate of drug-likeness (QED) is 0.664. The molecular formula is C9H14N4O. The number of aromatic nitrogens is 2. The monoisotopic (exact) mass is 194 g/mol. The van der Waals surface area contributed by atoms with E-state index in [2.05, 4.69) is 5.10 Å². The van der Waals surface area contributed by atoms with Crippen molar-refractivity contribution in [3.8, 4) is 0 Å². The summed E-state index contributed by atoms with van der Waals surface area (Å²) in [5, 5.41) is 4.08. The number of aryl methyl sites for hydroxylation is 1. The van der Waals surface area contributed by atoms with Gasteiger partial charge in [-0.3, -0.25) is 9.48 Å². The summed E-state index contributed by atoms with van der Waals surface area (Å²) in [7, 11) is 3.64. The van der Waals surface area contributed by atoms with Crippen molar-refractivity contribution in [2.24, 2.45) is 12.8 Å². The van der Waals surface area contributed by atoms with Crippen LogP contribution in [0.3, 0.4) is 0 Å². The van der Waals surface area contributed by atoms with E-state index in [0.29, 0.717) is 6.42 Å². The van der Waals surface area contributed by atoms with E-state index in [1.54, 1.807) is 22.8 Å². The van der Waals surface area contributed by atoms with Crippen LogP contribution in [-0.4, -0.2) is 33.7 Å². The minimum Gasteiger partial charge on any atom is -0.336 e. The number of rotatable bonds is 1. The van der Waals surface area contributed by atoms with Gasteiger partial charge in [0.15, 0.2) is 0 Å². The van der Waals surface area contributed by atoms with Crippen molar-refractivity contribution in [1.29, 1.82) is 0 Å². The fraction of sp³-hybridized carbons (Fsp3) is 0.556. The van der Waals surface area contributed by atoms with Crippen LogP contribution in [0.4, 0.5) is 0 Å². The first-order valence-electron chi connectivity index (χ1n) is 4.60. The largest absolute Gasteiger partial charge is 0.336 e. The summed E-state index contributed by atoms with van der Waals surface area (Å²) in [6, 6.07) is 1.75. The first-order valence-corrected chi connectivity index (χ1v) is 4.60. The molecule has 5 nitrogen and oxygen atoms in total. The maximum Gasteiger partial charge on any atom is 0.224 e. The predicted octanol–water partition coefficient (Wildman–Crippen LogP) is -0.349. The third-order valence-electron chi connectivity index (χ3n) is 2.79. The molecule has 0 unspecified atom stereocenters. The standard InChI is InChI=1S/C9H14N4O/c1-12-8(14)5-6(10)9(12)7-3-4-11-13(7)2/h3-4,6,9H,5,10H2,1-2H3/t6-,9+/m1/s1. The molecule has 1 amide bonds. The van der Waals surface area contributed by atoms with E-state index < -0.39 is 0 Å². The lowest BCUT2D eigenvalue weighted by atomic mass is 10.1. The summed E-state index contributed by atoms with van der Waals surface area (Å²) in [6.07, 6.45) is 2.14. The molecular weight excluding hydrogens is 180 g/mol. The number of carbonyl (C=O) groups is 1. The van der Waals surface area contributed by atoms with Crippen LogP contribution in [0.1, 0.15) is 18.2 Å². The van der Waals surface area contributed by atoms with E-state index in [1.807, 2.05) is 13.1 Å². The first-order chi connectivity index (χ1) is 6.61. The fourth-order valence-corrected chi connectivity index (χ4v) is 1.99. The van der Waals surface area contributed by atoms with Crippen molar-refractivity contribution < 1.29 is 4.79 Å². The number of amides is 1. The van der Waals surface area contributed by atoms with Gasteiger partial charge in [-0.05, 0) is 6.07 Å². The summed E-state index contributed by atoms with van der Waals surface area (Å²) >= 11 is 0. The topological polar surface area (TPSA) is 64.2 Å². The number of likely N-dealkylation sites (tertiary alicyclic amines) is 1. The summed E-state index contributed by atoms with van der Waals surface area (Å²) in [5.74, 6) is 0.101. The summed E-state index contributed by atoms with van der Waals surface area (Å²) in [4.78, 5) is 13.1. The predicted molar refractivity (Wildman–Crippen MR) is 51.3 cm³/mol. The summed E-state index contributed by atoms with van der Waals surface area (Å²) in [5.41, 5.74) is 6.91. The van der Waals surface area contributed by atoms with E-state index in [1.165, 1.54) is 0 Å². The van der Waals surface area contributed by atoms with Crippen molar-refractivity contribution >= 4 is 5.91 Å². The van der Waals surface area contributed by atoms with Crippen molar-refractivity contribution in [2.45, 2.75) is 18.5 Å². The highest BCUT2D eigenvalue weighted by Crippen LogP contribution is 2.29. The van der Waals surface area contributed by atoms with E-state index in [4.69, 9.17) is 5.73 Å². The molecule has 0 bridgehead atoms. The maximum absolute atomic E-state index is 11.4. The number of hydrogen-bond donors (Lipinski definition) is 1. The van der Waals surface area contributed by atoms with Crippen molar-refractivity contribution in [1.82, 2.24) is 14.7 Å². The Kier molecular flexibility index (Phi) is 2.03. The molecule has 2 rings (SSSR count). The third kappa shape index (κ3) is 1.21. The molecule has 1 saturated heterocycles. The lowest BCUT2D eigenvalue weighted by Gasteiger charge is -2.22. The highest BCUT2D eigenvalue weighted by Gasteiger charge is 2.37. The first kappa shape index (κ1) is 9.21. The van der Waals surface area contributed by atoms with Gasteiger partial charge in [-0.1, -0.05) is 0 Å². The lowest BCUT2D eigenvalue weighted by Crippen LogP contribution is -2.31. The zero-order chi connectivity index (χ0) is 10.3. The molecule has 0 aromatic carbocycles. The minimum absolute atomic E-state index is 0.0324.